The van der Waals surface area contributed by atoms with Crippen molar-refractivity contribution in [3.05, 3.63) is 53.3 Å². The highest BCUT2D eigenvalue weighted by atomic mass is 19.2. The van der Waals surface area contributed by atoms with Crippen LogP contribution in [0.25, 0.3) is 11.1 Å². The summed E-state index contributed by atoms with van der Waals surface area (Å²) in [4.78, 5) is 0. The molecule has 0 saturated carbocycles. The summed E-state index contributed by atoms with van der Waals surface area (Å²) in [5, 5.41) is 0. The van der Waals surface area contributed by atoms with Crippen LogP contribution in [-0.4, -0.2) is 19.3 Å². The normalized spacial score (nSPS) is 19.3. The van der Waals surface area contributed by atoms with Crippen LogP contribution in [-0.2, 0) is 4.74 Å². The molecular formula is C24H29F3O2. The minimum atomic E-state index is -1.02. The lowest BCUT2D eigenvalue weighted by atomic mass is 9.88. The van der Waals surface area contributed by atoms with Crippen LogP contribution < -0.4 is 4.74 Å². The second-order valence-corrected chi connectivity index (χ2v) is 7.69. The molecule has 2 atom stereocenters. The molecule has 0 aromatic heterocycles. The first-order valence-corrected chi connectivity index (χ1v) is 10.6. The molecule has 3 rings (SSSR count). The fourth-order valence-corrected chi connectivity index (χ4v) is 3.82. The third kappa shape index (κ3) is 5.13. The second-order valence-electron chi connectivity index (χ2n) is 7.69. The summed E-state index contributed by atoms with van der Waals surface area (Å²) in [7, 11) is 0. The van der Waals surface area contributed by atoms with Gasteiger partial charge in [-0.15, -0.1) is 0 Å². The summed E-state index contributed by atoms with van der Waals surface area (Å²) >= 11 is 0. The highest BCUT2D eigenvalue weighted by Crippen LogP contribution is 2.36. The van der Waals surface area contributed by atoms with Crippen LogP contribution in [0.2, 0.25) is 0 Å². The van der Waals surface area contributed by atoms with E-state index >= 15 is 0 Å². The summed E-state index contributed by atoms with van der Waals surface area (Å²) in [5.74, 6) is -2.36. The van der Waals surface area contributed by atoms with Gasteiger partial charge in [-0.2, -0.15) is 0 Å². The van der Waals surface area contributed by atoms with Crippen molar-refractivity contribution in [1.29, 1.82) is 0 Å². The summed E-state index contributed by atoms with van der Waals surface area (Å²) in [6.45, 7) is 4.95. The zero-order chi connectivity index (χ0) is 20.8. The topological polar surface area (TPSA) is 18.5 Å². The maximum atomic E-state index is 14.8. The van der Waals surface area contributed by atoms with Gasteiger partial charge in [-0.05, 0) is 43.4 Å². The lowest BCUT2D eigenvalue weighted by molar-refractivity contribution is -0.00258. The zero-order valence-corrected chi connectivity index (χ0v) is 17.1. The van der Waals surface area contributed by atoms with Gasteiger partial charge in [0.2, 0.25) is 0 Å². The van der Waals surface area contributed by atoms with Crippen molar-refractivity contribution < 1.29 is 22.6 Å². The van der Waals surface area contributed by atoms with Crippen LogP contribution in [0.3, 0.4) is 0 Å². The summed E-state index contributed by atoms with van der Waals surface area (Å²) in [6, 6.07) is 7.24. The van der Waals surface area contributed by atoms with Crippen LogP contribution >= 0.6 is 0 Å². The van der Waals surface area contributed by atoms with Gasteiger partial charge in [-0.3, -0.25) is 0 Å². The molecule has 158 valence electrons. The molecule has 2 unspecified atom stereocenters. The predicted octanol–water partition coefficient (Wildman–Crippen LogP) is 7.01. The number of hydrogen-bond acceptors (Lipinski definition) is 2. The van der Waals surface area contributed by atoms with E-state index < -0.39 is 17.5 Å². The van der Waals surface area contributed by atoms with E-state index in [1.54, 1.807) is 12.1 Å². The molecule has 1 fully saturated rings. The number of benzene rings is 2. The van der Waals surface area contributed by atoms with Gasteiger partial charge in [0, 0.05) is 23.1 Å². The molecule has 0 spiro atoms. The molecule has 1 aliphatic rings. The molecule has 1 aliphatic heterocycles. The molecule has 0 radical (unpaired) electrons. The number of rotatable bonds is 8. The Balaban J connectivity index is 1.76. The molecule has 5 heteroatoms. The monoisotopic (exact) mass is 406 g/mol. The Morgan fingerprint density at radius 3 is 2.41 bits per heavy atom. The molecule has 0 bridgehead atoms. The van der Waals surface area contributed by atoms with Gasteiger partial charge in [-0.25, -0.2) is 13.2 Å². The Kier molecular flexibility index (Phi) is 7.59. The first-order chi connectivity index (χ1) is 14.0. The van der Waals surface area contributed by atoms with Crippen LogP contribution in [0.4, 0.5) is 13.2 Å². The highest BCUT2D eigenvalue weighted by molar-refractivity contribution is 5.66. The molecule has 0 amide bonds. The maximum Gasteiger partial charge on any atom is 0.167 e. The van der Waals surface area contributed by atoms with Crippen molar-refractivity contribution in [2.45, 2.75) is 64.4 Å². The molecular weight excluding hydrogens is 377 g/mol. The van der Waals surface area contributed by atoms with Crippen LogP contribution in [0, 0.1) is 17.5 Å². The highest BCUT2D eigenvalue weighted by Gasteiger charge is 2.27. The van der Waals surface area contributed by atoms with E-state index in [9.17, 15) is 13.2 Å². The van der Waals surface area contributed by atoms with E-state index in [2.05, 4.69) is 6.92 Å². The van der Waals surface area contributed by atoms with E-state index in [0.717, 1.165) is 38.5 Å². The molecule has 0 N–H and O–H groups in total. The molecule has 1 saturated heterocycles. The van der Waals surface area contributed by atoms with Crippen molar-refractivity contribution in [2.24, 2.45) is 0 Å². The summed E-state index contributed by atoms with van der Waals surface area (Å²) in [6.07, 6.45) is 5.86. The quantitative estimate of drug-likeness (QED) is 0.469. The lowest BCUT2D eigenvalue weighted by Crippen LogP contribution is -2.25. The molecule has 1 heterocycles. The van der Waals surface area contributed by atoms with Crippen LogP contribution in [0.1, 0.15) is 63.9 Å². The minimum absolute atomic E-state index is 0.0244. The van der Waals surface area contributed by atoms with Gasteiger partial charge in [0.25, 0.3) is 0 Å². The standard InChI is InChI=1S/C24H29F3O2/c1-3-5-6-17-8-7-16(15-29-17)19-11-12-21(24(27)23(19)26)20-10-9-18(14-22(20)25)28-13-4-2/h9-12,14,16-17H,3-8,13,15H2,1-2H3. The second kappa shape index (κ2) is 10.1. The molecule has 0 aliphatic carbocycles. The predicted molar refractivity (Wildman–Crippen MR) is 109 cm³/mol. The lowest BCUT2D eigenvalue weighted by Gasteiger charge is -2.29. The van der Waals surface area contributed by atoms with Gasteiger partial charge >= 0.3 is 0 Å². The zero-order valence-electron chi connectivity index (χ0n) is 17.1. The average Bonchev–Trinajstić information content (AvgIpc) is 2.74. The van der Waals surface area contributed by atoms with Crippen LogP contribution in [0.15, 0.2) is 30.3 Å². The molecule has 2 aromatic carbocycles. The van der Waals surface area contributed by atoms with E-state index in [0.29, 0.717) is 24.5 Å². The summed E-state index contributed by atoms with van der Waals surface area (Å²) < 4.78 is 55.4. The Bertz CT molecular complexity index is 814. The Hall–Kier alpha value is -2.01. The van der Waals surface area contributed by atoms with E-state index in [4.69, 9.17) is 9.47 Å². The van der Waals surface area contributed by atoms with Crippen molar-refractivity contribution in [2.75, 3.05) is 13.2 Å². The molecule has 2 aromatic rings. The van der Waals surface area contributed by atoms with E-state index in [-0.39, 0.29) is 23.1 Å². The number of ether oxygens (including phenoxy) is 2. The van der Waals surface area contributed by atoms with Gasteiger partial charge in [0.1, 0.15) is 11.6 Å². The van der Waals surface area contributed by atoms with Gasteiger partial charge in [0.15, 0.2) is 11.6 Å². The smallest absolute Gasteiger partial charge is 0.167 e. The Morgan fingerprint density at radius 2 is 1.76 bits per heavy atom. The van der Waals surface area contributed by atoms with Crippen molar-refractivity contribution in [3.63, 3.8) is 0 Å². The largest absolute Gasteiger partial charge is 0.494 e. The number of unbranched alkanes of at least 4 members (excludes halogenated alkanes) is 1. The Morgan fingerprint density at radius 1 is 0.966 bits per heavy atom. The number of halogens is 3. The van der Waals surface area contributed by atoms with Gasteiger partial charge in [0.05, 0.1) is 19.3 Å². The Labute approximate surface area is 171 Å². The third-order valence-corrected chi connectivity index (χ3v) is 5.51. The van der Waals surface area contributed by atoms with Crippen molar-refractivity contribution in [3.8, 4) is 16.9 Å². The summed E-state index contributed by atoms with van der Waals surface area (Å²) in [5.41, 5.74) is 0.253. The minimum Gasteiger partial charge on any atom is -0.494 e. The van der Waals surface area contributed by atoms with Crippen molar-refractivity contribution >= 4 is 0 Å². The molecule has 2 nitrogen and oxygen atoms in total. The number of hydrogen-bond donors (Lipinski definition) is 0. The van der Waals surface area contributed by atoms with E-state index in [1.165, 1.54) is 18.2 Å². The van der Waals surface area contributed by atoms with Gasteiger partial charge in [-0.1, -0.05) is 38.8 Å². The first-order valence-electron chi connectivity index (χ1n) is 10.6. The third-order valence-electron chi connectivity index (χ3n) is 5.51. The van der Waals surface area contributed by atoms with Gasteiger partial charge < -0.3 is 9.47 Å². The SMILES string of the molecule is CCCCC1CCC(c2ccc(-c3ccc(OCCC)cc3F)c(F)c2F)CO1. The maximum absolute atomic E-state index is 14.8. The fourth-order valence-electron chi connectivity index (χ4n) is 3.82. The average molecular weight is 406 g/mol. The van der Waals surface area contributed by atoms with E-state index in [1.807, 2.05) is 6.92 Å². The van der Waals surface area contributed by atoms with Crippen molar-refractivity contribution in [1.82, 2.24) is 0 Å². The fraction of sp³-hybridized carbons (Fsp3) is 0.500. The molecule has 29 heavy (non-hydrogen) atoms. The van der Waals surface area contributed by atoms with Crippen LogP contribution in [0.5, 0.6) is 5.75 Å². The first kappa shape index (κ1) is 21.7.